The lowest BCUT2D eigenvalue weighted by Crippen LogP contribution is -2.10. The van der Waals surface area contributed by atoms with Gasteiger partial charge in [0.15, 0.2) is 0 Å². The van der Waals surface area contributed by atoms with Gasteiger partial charge in [-0.15, -0.1) is 0 Å². The maximum absolute atomic E-state index is 7.16. The van der Waals surface area contributed by atoms with Gasteiger partial charge in [0.05, 0.1) is 16.4 Å². The number of fused-ring (bicyclic) bond motifs is 10. The third-order valence-corrected chi connectivity index (χ3v) is 15.4. The summed E-state index contributed by atoms with van der Waals surface area (Å²) in [5, 5.41) is 8.29. The van der Waals surface area contributed by atoms with Crippen molar-refractivity contribution in [2.24, 2.45) is 0 Å². The van der Waals surface area contributed by atoms with Crippen molar-refractivity contribution in [3.05, 3.63) is 235 Å². The average Bonchev–Trinajstić information content (AvgIpc) is 4.08. The molecule has 0 aliphatic carbocycles. The summed E-state index contributed by atoms with van der Waals surface area (Å²) < 4.78 is 9.58. The Kier molecular flexibility index (Phi) is 10.7. The number of hydrogen-bond acceptors (Lipinski definition) is 3. The molecule has 74 heavy (non-hydrogen) atoms. The molecule has 0 saturated heterocycles. The van der Waals surface area contributed by atoms with Crippen LogP contribution in [0.5, 0.6) is 0 Å². The van der Waals surface area contributed by atoms with Crippen LogP contribution in [0.2, 0.25) is 0 Å². The van der Waals surface area contributed by atoms with Gasteiger partial charge in [-0.2, -0.15) is 0 Å². The fourth-order valence-corrected chi connectivity index (χ4v) is 11.3. The van der Waals surface area contributed by atoms with Gasteiger partial charge in [0, 0.05) is 55.7 Å². The van der Waals surface area contributed by atoms with Crippen LogP contribution < -0.4 is 9.80 Å². The van der Waals surface area contributed by atoms with E-state index in [9.17, 15) is 0 Å². The molecule has 0 atom stereocenters. The molecule has 4 heteroatoms. The second-order valence-electron chi connectivity index (χ2n) is 21.8. The molecule has 0 saturated carbocycles. The second kappa shape index (κ2) is 17.6. The summed E-state index contributed by atoms with van der Waals surface area (Å²) in [5.41, 5.74) is 19.3. The number of anilines is 6. The van der Waals surface area contributed by atoms with Gasteiger partial charge < -0.3 is 14.2 Å². The number of nitrogens with zero attached hydrogens (tertiary/aromatic N) is 3. The first-order valence-electron chi connectivity index (χ1n) is 26.2. The molecule has 0 radical (unpaired) electrons. The normalized spacial score (nSPS) is 12.2. The minimum absolute atomic E-state index is 0.0487. The van der Waals surface area contributed by atoms with E-state index in [1.807, 2.05) is 0 Å². The molecular weight excluding hydrogens is 899 g/mol. The lowest BCUT2D eigenvalue weighted by molar-refractivity contribution is 0.590. The summed E-state index contributed by atoms with van der Waals surface area (Å²) in [6, 6.07) is 80.7. The smallest absolute Gasteiger partial charge is 0.213 e. The SMILES string of the molecule is CC(C)c1ccc(N(c2ccc(-c3ccccc3)cc2)c2ccc3cc4c5ccc(N(c6ccc(-c7ccccc7)cc6)c6ccc(C(C)C)cc6)cc5n5c6oc7ccc(C(C)(C)C)cc7c6c(c3c2)c45)cc1. The monoisotopic (exact) mass is 957 g/mol. The minimum Gasteiger partial charge on any atom is -0.439 e. The maximum Gasteiger partial charge on any atom is 0.213 e. The van der Waals surface area contributed by atoms with Crippen molar-refractivity contribution in [2.75, 3.05) is 9.80 Å². The van der Waals surface area contributed by atoms with Crippen LogP contribution in [-0.4, -0.2) is 4.40 Å². The maximum atomic E-state index is 7.16. The largest absolute Gasteiger partial charge is 0.439 e. The van der Waals surface area contributed by atoms with Crippen molar-refractivity contribution in [1.29, 1.82) is 0 Å². The Bertz CT molecular complexity index is 4180. The summed E-state index contributed by atoms with van der Waals surface area (Å²) in [4.78, 5) is 4.80. The van der Waals surface area contributed by atoms with E-state index < -0.39 is 0 Å². The quantitative estimate of drug-likeness (QED) is 0.136. The van der Waals surface area contributed by atoms with Crippen LogP contribution in [-0.2, 0) is 5.41 Å². The summed E-state index contributed by atoms with van der Waals surface area (Å²) in [5.74, 6) is 0.863. The first-order chi connectivity index (χ1) is 36.0. The highest BCUT2D eigenvalue weighted by atomic mass is 16.3. The number of aromatic nitrogens is 1. The zero-order valence-electron chi connectivity index (χ0n) is 43.2. The van der Waals surface area contributed by atoms with Crippen molar-refractivity contribution in [3.8, 4) is 22.3 Å². The van der Waals surface area contributed by atoms with E-state index in [0.717, 1.165) is 61.7 Å². The first-order valence-corrected chi connectivity index (χ1v) is 26.2. The van der Waals surface area contributed by atoms with Gasteiger partial charge >= 0.3 is 0 Å². The Morgan fingerprint density at radius 1 is 0.392 bits per heavy atom. The highest BCUT2D eigenvalue weighted by Crippen LogP contribution is 2.50. The second-order valence-corrected chi connectivity index (χ2v) is 21.8. The van der Waals surface area contributed by atoms with Gasteiger partial charge in [-0.1, -0.05) is 176 Å². The lowest BCUT2D eigenvalue weighted by atomic mass is 9.86. The van der Waals surface area contributed by atoms with Crippen molar-refractivity contribution in [1.82, 2.24) is 4.40 Å². The van der Waals surface area contributed by atoms with Gasteiger partial charge in [-0.3, -0.25) is 4.40 Å². The molecule has 13 aromatic rings. The highest BCUT2D eigenvalue weighted by molar-refractivity contribution is 6.35. The molecule has 0 fully saturated rings. The molecular formula is C70H59N3O. The Labute approximate surface area is 433 Å². The third-order valence-electron chi connectivity index (χ3n) is 15.4. The standard InChI is InChI=1S/C70H59N3O/c1-44(2)46-18-28-54(29-19-46)71(56-32-22-50(23-33-56)48-14-10-8-11-15-48)58-36-26-52-40-62-60-38-37-59(72(55-30-20-47(21-31-55)45(3)4)57-34-24-51(25-35-57)49-16-12-9-13-17-49)43-64(60)73-68(62)66(61(52)42-58)67-63-41-53(70(5,6)7)27-39-65(63)74-69(67)73/h8-45H,1-7H3. The average molecular weight is 958 g/mol. The molecule has 0 unspecified atom stereocenters. The summed E-state index contributed by atoms with van der Waals surface area (Å²) in [6.07, 6.45) is 0. The summed E-state index contributed by atoms with van der Waals surface area (Å²) in [7, 11) is 0. The van der Waals surface area contributed by atoms with E-state index in [1.165, 1.54) is 71.4 Å². The molecule has 3 heterocycles. The topological polar surface area (TPSA) is 24.0 Å². The van der Waals surface area contributed by atoms with E-state index in [0.29, 0.717) is 11.8 Å². The molecule has 10 aromatic carbocycles. The van der Waals surface area contributed by atoms with Crippen LogP contribution in [0, 0.1) is 0 Å². The van der Waals surface area contributed by atoms with E-state index in [2.05, 4.69) is 281 Å². The van der Waals surface area contributed by atoms with Gasteiger partial charge in [0.2, 0.25) is 5.71 Å². The molecule has 4 nitrogen and oxygen atoms in total. The van der Waals surface area contributed by atoms with Gasteiger partial charge in [0.1, 0.15) is 5.58 Å². The zero-order valence-corrected chi connectivity index (χ0v) is 43.2. The van der Waals surface area contributed by atoms with E-state index in [1.54, 1.807) is 0 Å². The molecule has 0 N–H and O–H groups in total. The van der Waals surface area contributed by atoms with Crippen LogP contribution in [0.15, 0.2) is 223 Å². The van der Waals surface area contributed by atoms with Gasteiger partial charge in [0.25, 0.3) is 0 Å². The predicted molar refractivity (Wildman–Crippen MR) is 315 cm³/mol. The molecule has 0 amide bonds. The number of benzene rings is 10. The van der Waals surface area contributed by atoms with Crippen LogP contribution in [0.4, 0.5) is 34.1 Å². The molecule has 0 aliphatic heterocycles. The Balaban J connectivity index is 1.05. The van der Waals surface area contributed by atoms with Crippen LogP contribution >= 0.6 is 0 Å². The Hall–Kier alpha value is -8.60. The lowest BCUT2D eigenvalue weighted by Gasteiger charge is -2.26. The predicted octanol–water partition coefficient (Wildman–Crippen LogP) is 20.6. The Morgan fingerprint density at radius 3 is 1.38 bits per heavy atom. The molecule has 13 rings (SSSR count). The third kappa shape index (κ3) is 7.59. The molecule has 0 aliphatic rings. The Morgan fingerprint density at radius 2 is 0.865 bits per heavy atom. The van der Waals surface area contributed by atoms with Crippen LogP contribution in [0.1, 0.15) is 77.0 Å². The summed E-state index contributed by atoms with van der Waals surface area (Å²) in [6.45, 7) is 15.9. The van der Waals surface area contributed by atoms with Crippen LogP contribution in [0.3, 0.4) is 0 Å². The number of rotatable bonds is 10. The minimum atomic E-state index is -0.0487. The fraction of sp³-hybridized carbons (Fsp3) is 0.143. The van der Waals surface area contributed by atoms with Gasteiger partial charge in [-0.05, 0) is 158 Å². The van der Waals surface area contributed by atoms with Crippen molar-refractivity contribution >= 4 is 94.2 Å². The zero-order chi connectivity index (χ0) is 50.4. The molecule has 3 aromatic heterocycles. The fourth-order valence-electron chi connectivity index (χ4n) is 11.3. The number of hydrogen-bond donors (Lipinski definition) is 0. The van der Waals surface area contributed by atoms with E-state index in [-0.39, 0.29) is 5.41 Å². The first kappa shape index (κ1) is 45.3. The van der Waals surface area contributed by atoms with Crippen molar-refractivity contribution in [3.63, 3.8) is 0 Å². The highest BCUT2D eigenvalue weighted by Gasteiger charge is 2.28. The molecule has 0 spiro atoms. The van der Waals surface area contributed by atoms with Gasteiger partial charge in [-0.25, -0.2) is 0 Å². The molecule has 360 valence electrons. The van der Waals surface area contributed by atoms with E-state index in [4.69, 9.17) is 4.42 Å². The van der Waals surface area contributed by atoms with Crippen molar-refractivity contribution in [2.45, 2.75) is 65.7 Å². The molecule has 0 bridgehead atoms. The number of furan rings is 1. The van der Waals surface area contributed by atoms with E-state index >= 15 is 0 Å². The summed E-state index contributed by atoms with van der Waals surface area (Å²) >= 11 is 0. The van der Waals surface area contributed by atoms with Crippen LogP contribution in [0.25, 0.3) is 82.3 Å². The van der Waals surface area contributed by atoms with Crippen molar-refractivity contribution < 1.29 is 4.42 Å².